The fourth-order valence-electron chi connectivity index (χ4n) is 3.28. The van der Waals surface area contributed by atoms with Crippen molar-refractivity contribution < 1.29 is 9.59 Å². The Balaban J connectivity index is 1.59. The van der Waals surface area contributed by atoms with Crippen LogP contribution in [0.1, 0.15) is 55.2 Å². The summed E-state index contributed by atoms with van der Waals surface area (Å²) >= 11 is 5.84. The molecule has 26 heavy (non-hydrogen) atoms. The monoisotopic (exact) mass is 373 g/mol. The molecule has 1 aromatic heterocycles. The van der Waals surface area contributed by atoms with Gasteiger partial charge in [-0.05, 0) is 45.0 Å². The number of fused-ring (bicyclic) bond motifs is 1. The summed E-state index contributed by atoms with van der Waals surface area (Å²) < 4.78 is 2.05. The molecule has 0 unspecified atom stereocenters. The number of Topliss-reactive ketones (excluding diaryl/α,β-unsaturated/α-hetero) is 1. The normalized spacial score (nSPS) is 14.2. The quantitative estimate of drug-likeness (QED) is 0.765. The third-order valence-corrected chi connectivity index (χ3v) is 4.91. The average molecular weight is 374 g/mol. The van der Waals surface area contributed by atoms with E-state index in [1.165, 1.54) is 5.69 Å². The zero-order valence-corrected chi connectivity index (χ0v) is 16.2. The second kappa shape index (κ2) is 7.23. The van der Waals surface area contributed by atoms with Gasteiger partial charge in [-0.25, -0.2) is 0 Å². The Kier molecular flexibility index (Phi) is 5.19. The van der Waals surface area contributed by atoms with Gasteiger partial charge in [-0.3, -0.25) is 14.3 Å². The third-order valence-electron chi connectivity index (χ3n) is 4.66. The number of ketones is 1. The first-order chi connectivity index (χ1) is 12.3. The highest BCUT2D eigenvalue weighted by Gasteiger charge is 2.27. The van der Waals surface area contributed by atoms with Crippen molar-refractivity contribution in [2.24, 2.45) is 0 Å². The molecule has 0 aliphatic carbocycles. The van der Waals surface area contributed by atoms with Gasteiger partial charge in [-0.15, -0.1) is 0 Å². The summed E-state index contributed by atoms with van der Waals surface area (Å²) in [5.74, 6) is -0.0188. The van der Waals surface area contributed by atoms with Gasteiger partial charge in [0.25, 0.3) is 0 Å². The van der Waals surface area contributed by atoms with Gasteiger partial charge in [0.1, 0.15) is 0 Å². The number of amides is 1. The lowest BCUT2D eigenvalue weighted by Gasteiger charge is -2.30. The number of halogens is 1. The molecule has 1 aliphatic rings. The van der Waals surface area contributed by atoms with Crippen LogP contribution < -0.4 is 0 Å². The predicted octanol–water partition coefficient (Wildman–Crippen LogP) is 3.84. The van der Waals surface area contributed by atoms with E-state index >= 15 is 0 Å². The molecule has 0 atom stereocenters. The summed E-state index contributed by atoms with van der Waals surface area (Å²) in [4.78, 5) is 26.6. The third kappa shape index (κ3) is 3.98. The van der Waals surface area contributed by atoms with Crippen molar-refractivity contribution in [3.63, 3.8) is 0 Å². The van der Waals surface area contributed by atoms with E-state index in [4.69, 9.17) is 11.6 Å². The van der Waals surface area contributed by atoms with Crippen molar-refractivity contribution >= 4 is 23.3 Å². The molecule has 2 heterocycles. The van der Waals surface area contributed by atoms with Crippen molar-refractivity contribution in [3.8, 4) is 0 Å². The maximum Gasteiger partial charge on any atom is 0.223 e. The number of hydrogen-bond donors (Lipinski definition) is 0. The van der Waals surface area contributed by atoms with Crippen LogP contribution in [0.5, 0.6) is 0 Å². The number of hydrogen-bond acceptors (Lipinski definition) is 3. The number of aromatic nitrogens is 2. The van der Waals surface area contributed by atoms with Crippen molar-refractivity contribution in [2.75, 3.05) is 6.54 Å². The Bertz CT molecular complexity index is 819. The molecule has 0 N–H and O–H groups in total. The number of carbonyl (C=O) groups is 2. The fraction of sp³-hybridized carbons (Fsp3) is 0.450. The molecule has 138 valence electrons. The largest absolute Gasteiger partial charge is 0.338 e. The molecule has 1 aliphatic heterocycles. The van der Waals surface area contributed by atoms with Crippen LogP contribution in [0.25, 0.3) is 0 Å². The van der Waals surface area contributed by atoms with E-state index in [9.17, 15) is 9.59 Å². The Morgan fingerprint density at radius 2 is 1.85 bits per heavy atom. The Morgan fingerprint density at radius 3 is 2.50 bits per heavy atom. The molecule has 0 radical (unpaired) electrons. The van der Waals surface area contributed by atoms with E-state index in [0.717, 1.165) is 12.0 Å². The molecule has 2 aromatic rings. The summed E-state index contributed by atoms with van der Waals surface area (Å²) in [5.41, 5.74) is 2.84. The van der Waals surface area contributed by atoms with Gasteiger partial charge in [0.15, 0.2) is 5.78 Å². The lowest BCUT2D eigenvalue weighted by atomic mass is 10.0. The van der Waals surface area contributed by atoms with Gasteiger partial charge in [0.05, 0.1) is 11.7 Å². The van der Waals surface area contributed by atoms with Gasteiger partial charge in [-0.2, -0.15) is 5.10 Å². The van der Waals surface area contributed by atoms with Gasteiger partial charge in [0, 0.05) is 54.2 Å². The highest BCUT2D eigenvalue weighted by atomic mass is 35.5. The summed E-state index contributed by atoms with van der Waals surface area (Å²) in [7, 11) is 0. The highest BCUT2D eigenvalue weighted by Crippen LogP contribution is 2.25. The minimum absolute atomic E-state index is 0.0153. The molecule has 1 aromatic carbocycles. The van der Waals surface area contributed by atoms with Crippen molar-refractivity contribution in [2.45, 2.75) is 52.1 Å². The van der Waals surface area contributed by atoms with E-state index < -0.39 is 0 Å². The molecule has 0 fully saturated rings. The van der Waals surface area contributed by atoms with E-state index in [0.29, 0.717) is 23.7 Å². The fourth-order valence-corrected chi connectivity index (χ4v) is 3.41. The minimum atomic E-state index is -0.0647. The van der Waals surface area contributed by atoms with Gasteiger partial charge in [0.2, 0.25) is 5.91 Å². The summed E-state index contributed by atoms with van der Waals surface area (Å²) in [6.45, 7) is 7.61. The lowest BCUT2D eigenvalue weighted by Crippen LogP contribution is -2.37. The van der Waals surface area contributed by atoms with Crippen LogP contribution in [0.15, 0.2) is 30.5 Å². The Morgan fingerprint density at radius 1 is 1.15 bits per heavy atom. The van der Waals surface area contributed by atoms with E-state index in [-0.39, 0.29) is 30.1 Å². The predicted molar refractivity (Wildman–Crippen MR) is 101 cm³/mol. The van der Waals surface area contributed by atoms with E-state index in [2.05, 4.69) is 25.9 Å². The molecule has 6 heteroatoms. The number of rotatable bonds is 4. The lowest BCUT2D eigenvalue weighted by molar-refractivity contribution is -0.132. The highest BCUT2D eigenvalue weighted by molar-refractivity contribution is 6.30. The first-order valence-corrected chi connectivity index (χ1v) is 9.26. The standard InChI is InChI=1S/C20H24ClN3O2/c1-20(2,3)24-17-10-11-23(13-15(17)12-22-24)19(26)9-8-18(25)14-4-6-16(21)7-5-14/h4-7,12H,8-11,13H2,1-3H3. The second-order valence-electron chi connectivity index (χ2n) is 7.69. The molecular weight excluding hydrogens is 350 g/mol. The minimum Gasteiger partial charge on any atom is -0.338 e. The van der Waals surface area contributed by atoms with Crippen LogP contribution >= 0.6 is 11.6 Å². The van der Waals surface area contributed by atoms with Crippen LogP contribution in [0.2, 0.25) is 5.02 Å². The molecule has 0 saturated carbocycles. The number of carbonyl (C=O) groups excluding carboxylic acids is 2. The Labute approximate surface area is 158 Å². The molecule has 5 nitrogen and oxygen atoms in total. The maximum absolute atomic E-state index is 12.5. The SMILES string of the molecule is CC(C)(C)n1ncc2c1CCN(C(=O)CCC(=O)c1ccc(Cl)cc1)C2. The average Bonchev–Trinajstić information content (AvgIpc) is 3.03. The zero-order chi connectivity index (χ0) is 18.9. The van der Waals surface area contributed by atoms with Crippen molar-refractivity contribution in [1.82, 2.24) is 14.7 Å². The molecule has 1 amide bonds. The van der Waals surface area contributed by atoms with E-state index in [1.54, 1.807) is 24.3 Å². The second-order valence-corrected chi connectivity index (χ2v) is 8.13. The first-order valence-electron chi connectivity index (χ1n) is 8.88. The van der Waals surface area contributed by atoms with Crippen LogP contribution in [0.4, 0.5) is 0 Å². The number of benzene rings is 1. The summed E-state index contributed by atoms with van der Waals surface area (Å²) in [5, 5.41) is 5.09. The van der Waals surface area contributed by atoms with E-state index in [1.807, 2.05) is 15.8 Å². The van der Waals surface area contributed by atoms with Gasteiger partial charge >= 0.3 is 0 Å². The maximum atomic E-state index is 12.5. The Hall–Kier alpha value is -2.14. The molecule has 0 saturated heterocycles. The smallest absolute Gasteiger partial charge is 0.223 e. The van der Waals surface area contributed by atoms with Crippen molar-refractivity contribution in [3.05, 3.63) is 52.3 Å². The molecule has 3 rings (SSSR count). The molecule has 0 bridgehead atoms. The zero-order valence-electron chi connectivity index (χ0n) is 15.5. The first kappa shape index (κ1) is 18.6. The number of nitrogens with zero attached hydrogens (tertiary/aromatic N) is 3. The van der Waals surface area contributed by atoms with Gasteiger partial charge < -0.3 is 4.90 Å². The topological polar surface area (TPSA) is 55.2 Å². The summed E-state index contributed by atoms with van der Waals surface area (Å²) in [6.07, 6.45) is 3.09. The van der Waals surface area contributed by atoms with Crippen LogP contribution in [-0.2, 0) is 23.3 Å². The van der Waals surface area contributed by atoms with Crippen LogP contribution in [0, 0.1) is 0 Å². The van der Waals surface area contributed by atoms with Crippen molar-refractivity contribution in [1.29, 1.82) is 0 Å². The molecule has 0 spiro atoms. The van der Waals surface area contributed by atoms with Gasteiger partial charge in [-0.1, -0.05) is 11.6 Å². The van der Waals surface area contributed by atoms with Crippen LogP contribution in [0.3, 0.4) is 0 Å². The van der Waals surface area contributed by atoms with Crippen LogP contribution in [-0.4, -0.2) is 32.9 Å². The molecular formula is C20H24ClN3O2. The summed E-state index contributed by atoms with van der Waals surface area (Å²) in [6, 6.07) is 6.78.